The SMILES string of the molecule is C=CC(=O)OCCC[N+](CC)(CC)CC.c1ccc([B-](c2ccccc2)(c2ccccc2)c2ccccc2)cc1. The molecule has 0 atom stereocenters. The highest BCUT2D eigenvalue weighted by molar-refractivity contribution is 7.19. The van der Waals surface area contributed by atoms with Crippen LogP contribution in [-0.2, 0) is 9.53 Å². The van der Waals surface area contributed by atoms with Crippen molar-refractivity contribution >= 4 is 34.0 Å². The summed E-state index contributed by atoms with van der Waals surface area (Å²) in [6, 6.07) is 43.5. The summed E-state index contributed by atoms with van der Waals surface area (Å²) in [7, 11) is 0. The molecule has 0 bridgehead atoms. The van der Waals surface area contributed by atoms with Crippen LogP contribution in [-0.4, -0.2) is 49.4 Å². The number of hydrogen-bond donors (Lipinski definition) is 0. The van der Waals surface area contributed by atoms with Gasteiger partial charge in [0.1, 0.15) is 6.15 Å². The molecule has 0 aliphatic heterocycles. The van der Waals surface area contributed by atoms with Crippen molar-refractivity contribution in [1.82, 2.24) is 0 Å². The molecule has 208 valence electrons. The lowest BCUT2D eigenvalue weighted by atomic mass is 9.13. The largest absolute Gasteiger partial charge is 0.462 e. The van der Waals surface area contributed by atoms with Gasteiger partial charge in [-0.2, -0.15) is 21.9 Å². The molecule has 0 aromatic heterocycles. The van der Waals surface area contributed by atoms with Crippen LogP contribution in [0.2, 0.25) is 0 Å². The van der Waals surface area contributed by atoms with Gasteiger partial charge in [-0.3, -0.25) is 0 Å². The van der Waals surface area contributed by atoms with Crippen LogP contribution in [0.5, 0.6) is 0 Å². The summed E-state index contributed by atoms with van der Waals surface area (Å²) in [5.41, 5.74) is 5.36. The fourth-order valence-corrected chi connectivity index (χ4v) is 5.90. The van der Waals surface area contributed by atoms with E-state index < -0.39 is 6.15 Å². The van der Waals surface area contributed by atoms with Crippen molar-refractivity contribution in [2.45, 2.75) is 27.2 Å². The molecule has 40 heavy (non-hydrogen) atoms. The summed E-state index contributed by atoms with van der Waals surface area (Å²) in [5, 5.41) is 0. The van der Waals surface area contributed by atoms with Crippen LogP contribution < -0.4 is 21.9 Å². The van der Waals surface area contributed by atoms with Gasteiger partial charge < -0.3 is 9.22 Å². The number of hydrogen-bond acceptors (Lipinski definition) is 2. The molecule has 0 radical (unpaired) electrons. The van der Waals surface area contributed by atoms with E-state index in [1.807, 2.05) is 0 Å². The summed E-state index contributed by atoms with van der Waals surface area (Å²) in [5.74, 6) is -0.322. The molecule has 0 heterocycles. The van der Waals surface area contributed by atoms with Crippen LogP contribution in [0.15, 0.2) is 134 Å². The van der Waals surface area contributed by atoms with Crippen LogP contribution >= 0.6 is 0 Å². The predicted molar refractivity (Wildman–Crippen MR) is 173 cm³/mol. The van der Waals surface area contributed by atoms with Crippen LogP contribution in [0, 0.1) is 0 Å². The average molecular weight is 534 g/mol. The first-order chi connectivity index (χ1) is 19.6. The van der Waals surface area contributed by atoms with Crippen LogP contribution in [0.4, 0.5) is 0 Å². The zero-order chi connectivity index (χ0) is 28.7. The van der Waals surface area contributed by atoms with Gasteiger partial charge >= 0.3 is 5.97 Å². The second-order valence-corrected chi connectivity index (χ2v) is 10.2. The monoisotopic (exact) mass is 533 g/mol. The van der Waals surface area contributed by atoms with E-state index in [2.05, 4.69) is 149 Å². The third-order valence-electron chi connectivity index (χ3n) is 8.40. The third-order valence-corrected chi connectivity index (χ3v) is 8.40. The van der Waals surface area contributed by atoms with Gasteiger partial charge in [-0.15, -0.1) is 0 Å². The summed E-state index contributed by atoms with van der Waals surface area (Å²) < 4.78 is 6.06. The van der Waals surface area contributed by atoms with E-state index in [0.29, 0.717) is 6.61 Å². The van der Waals surface area contributed by atoms with Crippen molar-refractivity contribution in [2.24, 2.45) is 0 Å². The number of carbonyl (C=O) groups excluding carboxylic acids is 1. The number of esters is 1. The number of carbonyl (C=O) groups is 1. The highest BCUT2D eigenvalue weighted by Crippen LogP contribution is 2.09. The maximum atomic E-state index is 10.8. The molecule has 4 heteroatoms. The zero-order valence-electron chi connectivity index (χ0n) is 24.4. The highest BCUT2D eigenvalue weighted by atomic mass is 16.5. The van der Waals surface area contributed by atoms with E-state index in [-0.39, 0.29) is 5.97 Å². The number of quaternary nitrogens is 1. The van der Waals surface area contributed by atoms with Gasteiger partial charge in [0.15, 0.2) is 0 Å². The van der Waals surface area contributed by atoms with Gasteiger partial charge in [0.25, 0.3) is 0 Å². The smallest absolute Gasteiger partial charge is 0.330 e. The Kier molecular flexibility index (Phi) is 12.0. The lowest BCUT2D eigenvalue weighted by Crippen LogP contribution is -2.74. The van der Waals surface area contributed by atoms with E-state index in [1.165, 1.54) is 27.9 Å². The third kappa shape index (κ3) is 7.40. The molecule has 0 spiro atoms. The van der Waals surface area contributed by atoms with Crippen molar-refractivity contribution in [2.75, 3.05) is 32.8 Å². The minimum absolute atomic E-state index is 0.322. The van der Waals surface area contributed by atoms with Gasteiger partial charge in [-0.25, -0.2) is 4.79 Å². The van der Waals surface area contributed by atoms with Crippen LogP contribution in [0.25, 0.3) is 0 Å². The Balaban J connectivity index is 0.000000255. The molecule has 0 fully saturated rings. The normalized spacial score (nSPS) is 11.2. The van der Waals surface area contributed by atoms with E-state index in [4.69, 9.17) is 4.74 Å². The Labute approximate surface area is 241 Å². The summed E-state index contributed by atoms with van der Waals surface area (Å²) in [6.07, 6.45) is 0.920. The fourth-order valence-electron chi connectivity index (χ4n) is 5.90. The number of benzene rings is 4. The van der Waals surface area contributed by atoms with Gasteiger partial charge in [0.2, 0.25) is 0 Å². The zero-order valence-corrected chi connectivity index (χ0v) is 24.4. The van der Waals surface area contributed by atoms with E-state index in [0.717, 1.165) is 37.1 Å². The molecule has 0 saturated carbocycles. The molecule has 0 aliphatic rings. The molecular weight excluding hydrogens is 489 g/mol. The summed E-state index contributed by atoms with van der Waals surface area (Å²) in [4.78, 5) is 10.8. The van der Waals surface area contributed by atoms with Gasteiger partial charge in [0, 0.05) is 12.5 Å². The lowest BCUT2D eigenvalue weighted by molar-refractivity contribution is -0.923. The molecule has 3 nitrogen and oxygen atoms in total. The molecule has 0 unspecified atom stereocenters. The molecular formula is C36H44BNO2. The average Bonchev–Trinajstić information content (AvgIpc) is 3.04. The Bertz CT molecular complexity index is 1100. The first-order valence-electron chi connectivity index (χ1n) is 14.6. The van der Waals surface area contributed by atoms with E-state index >= 15 is 0 Å². The first-order valence-corrected chi connectivity index (χ1v) is 14.6. The predicted octanol–water partition coefficient (Wildman–Crippen LogP) is 5.05. The summed E-state index contributed by atoms with van der Waals surface area (Å²) in [6.45, 7) is 15.0. The Morgan fingerprint density at radius 2 is 0.975 bits per heavy atom. The molecule has 0 amide bonds. The first kappa shape index (κ1) is 30.7. The van der Waals surface area contributed by atoms with Gasteiger partial charge in [-0.05, 0) is 20.8 Å². The fraction of sp³-hybridized carbons (Fsp3) is 0.250. The highest BCUT2D eigenvalue weighted by Gasteiger charge is 2.31. The molecule has 0 N–H and O–H groups in total. The Morgan fingerprint density at radius 1 is 0.650 bits per heavy atom. The second kappa shape index (κ2) is 15.6. The Morgan fingerprint density at radius 3 is 1.25 bits per heavy atom. The topological polar surface area (TPSA) is 26.3 Å². The lowest BCUT2D eigenvalue weighted by Gasteiger charge is -2.44. The standard InChI is InChI=1S/C24H20B.C12H24NO2/c1-5-13-21(14-6-1)25(22-15-7-2-8-16-22,23-17-9-3-10-18-23)24-19-11-4-12-20-24;1-5-12(14)15-11-9-10-13(6-2,7-3)8-4/h1-20H;5H,1,6-11H2,2-4H3/q-1;+1. The van der Waals surface area contributed by atoms with Crippen molar-refractivity contribution in [3.05, 3.63) is 134 Å². The Hall–Kier alpha value is -3.89. The van der Waals surface area contributed by atoms with Crippen molar-refractivity contribution in [3.63, 3.8) is 0 Å². The van der Waals surface area contributed by atoms with Crippen LogP contribution in [0.1, 0.15) is 27.2 Å². The summed E-state index contributed by atoms with van der Waals surface area (Å²) >= 11 is 0. The van der Waals surface area contributed by atoms with Crippen molar-refractivity contribution in [1.29, 1.82) is 0 Å². The maximum absolute atomic E-state index is 10.8. The van der Waals surface area contributed by atoms with E-state index in [1.54, 1.807) is 0 Å². The van der Waals surface area contributed by atoms with Gasteiger partial charge in [-0.1, -0.05) is 128 Å². The number of ether oxygens (including phenoxy) is 1. The quantitative estimate of drug-likeness (QED) is 0.0838. The van der Waals surface area contributed by atoms with Crippen molar-refractivity contribution < 1.29 is 14.0 Å². The molecule has 0 saturated heterocycles. The molecule has 4 rings (SSSR count). The van der Waals surface area contributed by atoms with Crippen LogP contribution in [0.3, 0.4) is 0 Å². The molecule has 4 aromatic carbocycles. The second-order valence-electron chi connectivity index (χ2n) is 10.2. The number of rotatable bonds is 12. The number of nitrogens with zero attached hydrogens (tertiary/aromatic N) is 1. The van der Waals surface area contributed by atoms with Gasteiger partial charge in [0.05, 0.1) is 32.8 Å². The van der Waals surface area contributed by atoms with Crippen molar-refractivity contribution in [3.8, 4) is 0 Å². The van der Waals surface area contributed by atoms with E-state index in [9.17, 15) is 4.79 Å². The minimum Gasteiger partial charge on any atom is -0.462 e. The minimum atomic E-state index is -1.22. The molecule has 0 aliphatic carbocycles. The molecule has 4 aromatic rings. The maximum Gasteiger partial charge on any atom is 0.330 e.